The van der Waals surface area contributed by atoms with E-state index in [1.54, 1.807) is 12.1 Å². The van der Waals surface area contributed by atoms with Gasteiger partial charge >= 0.3 is 0 Å². The van der Waals surface area contributed by atoms with Crippen molar-refractivity contribution < 1.29 is 30.0 Å². The molecule has 1 aromatic rings. The smallest absolute Gasteiger partial charge is 0.262 e. The molecule has 9 heteroatoms. The van der Waals surface area contributed by atoms with E-state index in [9.17, 15) is 30.5 Å². The molecule has 0 bridgehead atoms. The van der Waals surface area contributed by atoms with Gasteiger partial charge in [-0.15, -0.1) is 0 Å². The average Bonchev–Trinajstić information content (AvgIpc) is 2.73. The van der Waals surface area contributed by atoms with Gasteiger partial charge in [0.2, 0.25) is 0 Å². The van der Waals surface area contributed by atoms with E-state index in [2.05, 4.69) is 24.1 Å². The first kappa shape index (κ1) is 22.8. The van der Waals surface area contributed by atoms with Crippen molar-refractivity contribution in [3.63, 3.8) is 0 Å². The van der Waals surface area contributed by atoms with Crippen LogP contribution in [0.2, 0.25) is 0 Å². The molecule has 0 radical (unpaired) electrons. The summed E-state index contributed by atoms with van der Waals surface area (Å²) in [5.74, 6) is -0.689. The Bertz CT molecular complexity index is 756. The van der Waals surface area contributed by atoms with Crippen LogP contribution < -0.4 is 10.2 Å². The lowest BCUT2D eigenvalue weighted by molar-refractivity contribution is -0.280. The second-order valence-electron chi connectivity index (χ2n) is 6.68. The maximum Gasteiger partial charge on any atom is 0.262 e. The monoisotopic (exact) mass is 405 g/mol. The van der Waals surface area contributed by atoms with Gasteiger partial charge in [-0.25, -0.2) is 0 Å². The number of anilines is 1. The van der Waals surface area contributed by atoms with E-state index in [-0.39, 0.29) is 12.1 Å². The summed E-state index contributed by atoms with van der Waals surface area (Å²) in [6.45, 7) is 5.59. The molecule has 2 rings (SSSR count). The van der Waals surface area contributed by atoms with Crippen LogP contribution >= 0.6 is 0 Å². The van der Waals surface area contributed by atoms with Crippen molar-refractivity contribution in [2.75, 3.05) is 24.5 Å². The Labute approximate surface area is 169 Å². The van der Waals surface area contributed by atoms with Gasteiger partial charge in [0.05, 0.1) is 0 Å². The fraction of sp³-hybridized carbons (Fsp3) is 0.500. The summed E-state index contributed by atoms with van der Waals surface area (Å²) in [6, 6.07) is 9.26. The van der Waals surface area contributed by atoms with Gasteiger partial charge in [0, 0.05) is 25.3 Å². The third kappa shape index (κ3) is 5.53. The average molecular weight is 405 g/mol. The second-order valence-corrected chi connectivity index (χ2v) is 6.68. The normalized spacial score (nSPS) is 27.2. The van der Waals surface area contributed by atoms with Crippen molar-refractivity contribution in [3.8, 4) is 6.07 Å². The molecule has 0 aliphatic carbocycles. The van der Waals surface area contributed by atoms with E-state index < -0.39 is 36.6 Å². The van der Waals surface area contributed by atoms with E-state index in [1.807, 2.05) is 18.2 Å². The van der Waals surface area contributed by atoms with E-state index in [0.29, 0.717) is 5.56 Å². The SMILES string of the molecule is CCN(CC)c1ccc(/C=C(\C#N)C(=O)NC[C@H]2O[C@@H](O)[C@H](O)[C@@H](O)[C@@H]2O)cc1. The second kappa shape index (κ2) is 10.3. The Morgan fingerprint density at radius 3 is 2.31 bits per heavy atom. The van der Waals surface area contributed by atoms with Gasteiger partial charge in [-0.1, -0.05) is 12.1 Å². The van der Waals surface area contributed by atoms with E-state index in [0.717, 1.165) is 18.8 Å². The molecule has 0 spiro atoms. The van der Waals surface area contributed by atoms with Crippen LogP contribution in [-0.2, 0) is 9.53 Å². The first-order valence-electron chi connectivity index (χ1n) is 9.45. The maximum atomic E-state index is 12.3. The maximum absolute atomic E-state index is 12.3. The molecule has 1 aromatic carbocycles. The standard InChI is InChI=1S/C20H27N3O6/c1-3-23(4-2)14-7-5-12(6-8-14)9-13(10-21)19(27)22-11-15-16(24)17(25)18(26)20(28)29-15/h5-9,15-18,20,24-26,28H,3-4,11H2,1-2H3,(H,22,27)/b13-9+/t15-,16-,17+,18-,20-/m1/s1. The van der Waals surface area contributed by atoms with Crippen LogP contribution in [0, 0.1) is 11.3 Å². The van der Waals surface area contributed by atoms with Crippen LogP contribution in [-0.4, -0.2) is 76.7 Å². The van der Waals surface area contributed by atoms with Crippen LogP contribution in [0.1, 0.15) is 19.4 Å². The number of carbonyl (C=O) groups is 1. The van der Waals surface area contributed by atoms with Crippen molar-refractivity contribution in [1.29, 1.82) is 5.26 Å². The number of aliphatic hydroxyl groups is 4. The van der Waals surface area contributed by atoms with Crippen molar-refractivity contribution in [3.05, 3.63) is 35.4 Å². The number of hydrogen-bond acceptors (Lipinski definition) is 8. The van der Waals surface area contributed by atoms with Gasteiger partial charge in [-0.2, -0.15) is 5.26 Å². The van der Waals surface area contributed by atoms with Gasteiger partial charge < -0.3 is 35.4 Å². The molecule has 1 heterocycles. The minimum absolute atomic E-state index is 0.146. The number of rotatable bonds is 7. The summed E-state index contributed by atoms with van der Waals surface area (Å²) < 4.78 is 4.99. The van der Waals surface area contributed by atoms with Crippen molar-refractivity contribution >= 4 is 17.7 Å². The predicted octanol–water partition coefficient (Wildman–Crippen LogP) is -0.644. The first-order chi connectivity index (χ1) is 13.8. The third-order valence-electron chi connectivity index (χ3n) is 4.85. The first-order valence-corrected chi connectivity index (χ1v) is 9.45. The summed E-state index contributed by atoms with van der Waals surface area (Å²) in [7, 11) is 0. The number of benzene rings is 1. The third-order valence-corrected chi connectivity index (χ3v) is 4.85. The minimum Gasteiger partial charge on any atom is -0.388 e. The highest BCUT2D eigenvalue weighted by molar-refractivity contribution is 6.01. The molecule has 1 fully saturated rings. The fourth-order valence-electron chi connectivity index (χ4n) is 3.07. The van der Waals surface area contributed by atoms with Crippen LogP contribution in [0.4, 0.5) is 5.69 Å². The predicted molar refractivity (Wildman–Crippen MR) is 106 cm³/mol. The molecule has 0 saturated carbocycles. The highest BCUT2D eigenvalue weighted by Gasteiger charge is 2.42. The molecule has 1 amide bonds. The number of nitrogens with one attached hydrogen (secondary N) is 1. The molecular weight excluding hydrogens is 378 g/mol. The zero-order chi connectivity index (χ0) is 21.6. The van der Waals surface area contributed by atoms with E-state index in [1.165, 1.54) is 6.08 Å². The summed E-state index contributed by atoms with van der Waals surface area (Å²) in [4.78, 5) is 14.5. The number of nitriles is 1. The topological polar surface area (TPSA) is 146 Å². The van der Waals surface area contributed by atoms with Crippen molar-refractivity contribution in [2.45, 2.75) is 44.6 Å². The zero-order valence-corrected chi connectivity index (χ0v) is 16.4. The largest absolute Gasteiger partial charge is 0.388 e. The molecule has 158 valence electrons. The van der Waals surface area contributed by atoms with Crippen LogP contribution in [0.15, 0.2) is 29.8 Å². The van der Waals surface area contributed by atoms with Gasteiger partial charge in [0.1, 0.15) is 36.1 Å². The molecular formula is C20H27N3O6. The number of hydrogen-bond donors (Lipinski definition) is 5. The molecule has 5 N–H and O–H groups in total. The van der Waals surface area contributed by atoms with Crippen molar-refractivity contribution in [1.82, 2.24) is 5.32 Å². The summed E-state index contributed by atoms with van der Waals surface area (Å²) in [6.07, 6.45) is -6.16. The minimum atomic E-state index is -1.69. The van der Waals surface area contributed by atoms with Crippen molar-refractivity contribution in [2.24, 2.45) is 0 Å². The molecule has 9 nitrogen and oxygen atoms in total. The molecule has 1 saturated heterocycles. The quantitative estimate of drug-likeness (QED) is 0.297. The Morgan fingerprint density at radius 2 is 1.76 bits per heavy atom. The highest BCUT2D eigenvalue weighted by atomic mass is 16.6. The number of carbonyl (C=O) groups excluding carboxylic acids is 1. The Balaban J connectivity index is 2.02. The lowest BCUT2D eigenvalue weighted by Crippen LogP contribution is -2.60. The lowest BCUT2D eigenvalue weighted by Gasteiger charge is -2.38. The Hall–Kier alpha value is -2.48. The van der Waals surface area contributed by atoms with Gasteiger partial charge in [0.25, 0.3) is 5.91 Å². The molecule has 0 unspecified atom stereocenters. The molecule has 5 atom stereocenters. The highest BCUT2D eigenvalue weighted by Crippen LogP contribution is 2.20. The van der Waals surface area contributed by atoms with Crippen LogP contribution in [0.25, 0.3) is 6.08 Å². The molecule has 0 aromatic heterocycles. The van der Waals surface area contributed by atoms with Gasteiger partial charge in [-0.3, -0.25) is 4.79 Å². The zero-order valence-electron chi connectivity index (χ0n) is 16.4. The summed E-state index contributed by atoms with van der Waals surface area (Å²) >= 11 is 0. The number of amides is 1. The molecule has 29 heavy (non-hydrogen) atoms. The number of nitrogens with zero attached hydrogens (tertiary/aromatic N) is 2. The van der Waals surface area contributed by atoms with Gasteiger partial charge in [0.15, 0.2) is 6.29 Å². The van der Waals surface area contributed by atoms with E-state index >= 15 is 0 Å². The summed E-state index contributed by atoms with van der Waals surface area (Å²) in [5.41, 5.74) is 1.57. The summed E-state index contributed by atoms with van der Waals surface area (Å²) in [5, 5.41) is 50.3. The van der Waals surface area contributed by atoms with Crippen LogP contribution in [0.5, 0.6) is 0 Å². The van der Waals surface area contributed by atoms with Crippen LogP contribution in [0.3, 0.4) is 0 Å². The molecule has 1 aliphatic rings. The van der Waals surface area contributed by atoms with E-state index in [4.69, 9.17) is 4.74 Å². The molecule has 1 aliphatic heterocycles. The Morgan fingerprint density at radius 1 is 1.14 bits per heavy atom. The fourth-order valence-corrected chi connectivity index (χ4v) is 3.07. The number of aliphatic hydroxyl groups excluding tert-OH is 4. The number of ether oxygens (including phenoxy) is 1. The lowest BCUT2D eigenvalue weighted by atomic mass is 9.99. The Kier molecular flexibility index (Phi) is 8.13. The van der Waals surface area contributed by atoms with Gasteiger partial charge in [-0.05, 0) is 37.6 Å².